The van der Waals surface area contributed by atoms with Crippen LogP contribution in [-0.4, -0.2) is 5.92 Å². The van der Waals surface area contributed by atoms with Crippen LogP contribution in [0.5, 0.6) is 0 Å². The first-order chi connectivity index (χ1) is 10.2. The predicted molar refractivity (Wildman–Crippen MR) is 99.9 cm³/mol. The van der Waals surface area contributed by atoms with Crippen molar-refractivity contribution in [1.82, 2.24) is 0 Å². The molecule has 0 saturated carbocycles. The monoisotopic (exact) mass is 461 g/mol. The van der Waals surface area contributed by atoms with Crippen molar-refractivity contribution in [2.24, 2.45) is 0 Å². The van der Waals surface area contributed by atoms with Crippen molar-refractivity contribution in [3.63, 3.8) is 0 Å². The molecular weight excluding hydrogens is 430 g/mol. The molecule has 0 aromatic heterocycles. The van der Waals surface area contributed by atoms with E-state index in [4.69, 9.17) is 0 Å². The molecule has 0 aromatic carbocycles. The molecule has 0 amide bonds. The van der Waals surface area contributed by atoms with Crippen LogP contribution < -0.4 is 24.8 Å². The zero-order chi connectivity index (χ0) is 16.7. The van der Waals surface area contributed by atoms with Gasteiger partial charge in [-0.1, -0.05) is 0 Å². The Kier molecular flexibility index (Phi) is 9.27. The van der Waals surface area contributed by atoms with Gasteiger partial charge in [-0.05, 0) is 0 Å². The Balaban J connectivity index is 0.00000264. The third kappa shape index (κ3) is 3.83. The van der Waals surface area contributed by atoms with E-state index < -0.39 is 26.8 Å². The quantitative estimate of drug-likeness (QED) is 0.523. The maximum absolute atomic E-state index is 2.61. The summed E-state index contributed by atoms with van der Waals surface area (Å²) in [5.41, 5.74) is 6.44. The molecule has 0 aliphatic heterocycles. The fraction of sp³-hybridized carbons (Fsp3) is 0.600. The molecule has 0 fully saturated rings. The van der Waals surface area contributed by atoms with E-state index in [2.05, 4.69) is 79.7 Å². The summed E-state index contributed by atoms with van der Waals surface area (Å²) >= 11 is -1.77. The van der Waals surface area contributed by atoms with Gasteiger partial charge >= 0.3 is 147 Å². The molecule has 4 heteroatoms. The Labute approximate surface area is 171 Å². The number of hydrogen-bond donors (Lipinski definition) is 0. The minimum absolute atomic E-state index is 0. The smallest absolute Gasteiger partial charge is 1.00 e. The molecule has 0 heterocycles. The summed E-state index contributed by atoms with van der Waals surface area (Å²) in [7, 11) is 0. The maximum atomic E-state index is 2.61. The number of halogens is 2. The van der Waals surface area contributed by atoms with Crippen LogP contribution in [0.3, 0.4) is 0 Å². The Morgan fingerprint density at radius 2 is 1.12 bits per heavy atom. The first-order valence-electron chi connectivity index (χ1n) is 8.84. The molecule has 2 atom stereocenters. The van der Waals surface area contributed by atoms with Crippen molar-refractivity contribution in [3.8, 4) is 0 Å². The van der Waals surface area contributed by atoms with Crippen molar-refractivity contribution in [2.45, 2.75) is 73.7 Å². The van der Waals surface area contributed by atoms with E-state index in [0.717, 1.165) is 0 Å². The Hall–Kier alpha value is 0.640. The summed E-state index contributed by atoms with van der Waals surface area (Å²) in [6.45, 7) is 19.6. The van der Waals surface area contributed by atoms with Gasteiger partial charge in [0.15, 0.2) is 0 Å². The van der Waals surface area contributed by atoms with Gasteiger partial charge in [0, 0.05) is 0 Å². The fourth-order valence-electron chi connectivity index (χ4n) is 4.57. The van der Waals surface area contributed by atoms with Gasteiger partial charge in [-0.15, -0.1) is 0 Å². The van der Waals surface area contributed by atoms with Crippen LogP contribution in [-0.2, 0) is 20.9 Å². The Bertz CT molecular complexity index is 540. The SMILES string of the molecule is CC[SiH](CC)[Zr+2]([C]1(C)C=CC(C)=C1C)[C]1(C)C=CC(C)=C1C.[Cl-].[Cl-]. The van der Waals surface area contributed by atoms with Gasteiger partial charge in [0.25, 0.3) is 0 Å². The van der Waals surface area contributed by atoms with Gasteiger partial charge in [0.1, 0.15) is 0 Å². The van der Waals surface area contributed by atoms with Crippen molar-refractivity contribution in [3.05, 3.63) is 46.6 Å². The van der Waals surface area contributed by atoms with Gasteiger partial charge in [0.05, 0.1) is 0 Å². The zero-order valence-corrected chi connectivity index (χ0v) is 21.7. The minimum atomic E-state index is -1.77. The second-order valence-corrected chi connectivity index (χ2v) is 27.2. The molecule has 135 valence electrons. The molecule has 24 heavy (non-hydrogen) atoms. The summed E-state index contributed by atoms with van der Waals surface area (Å²) in [5, 5.41) is 0. The van der Waals surface area contributed by atoms with E-state index in [1.165, 1.54) is 23.2 Å². The van der Waals surface area contributed by atoms with Gasteiger partial charge in [-0.2, -0.15) is 0 Å². The van der Waals surface area contributed by atoms with Crippen LogP contribution in [0.15, 0.2) is 46.6 Å². The van der Waals surface area contributed by atoms with Gasteiger partial charge in [-0.25, -0.2) is 0 Å². The van der Waals surface area contributed by atoms with E-state index in [9.17, 15) is 0 Å². The van der Waals surface area contributed by atoms with Gasteiger partial charge < -0.3 is 24.8 Å². The summed E-state index contributed by atoms with van der Waals surface area (Å²) in [4.78, 5) is 0. The van der Waals surface area contributed by atoms with Crippen LogP contribution in [0.1, 0.15) is 55.4 Å². The average molecular weight is 464 g/mol. The molecule has 0 N–H and O–H groups in total. The molecule has 0 bridgehead atoms. The standard InChI is InChI=1S/2C8H11.C4H11Si.2ClH.Zr/c2*1-6-4-5-7(2)8(6)3;1-3-5-4-2;;;/h2*4-5H,1-3H3;5H,3-4H2,1-2H3;2*1H;/q;;;;;+2/p-2. The summed E-state index contributed by atoms with van der Waals surface area (Å²) in [5.74, 6) is -0.653. The summed E-state index contributed by atoms with van der Waals surface area (Å²) in [6, 6.07) is 2.97. The van der Waals surface area contributed by atoms with E-state index in [1.807, 2.05) is 0 Å². The van der Waals surface area contributed by atoms with Crippen LogP contribution in [0.4, 0.5) is 0 Å². The van der Waals surface area contributed by atoms with Crippen LogP contribution in [0, 0.1) is 0 Å². The normalized spacial score (nSPS) is 28.5. The van der Waals surface area contributed by atoms with Crippen LogP contribution in [0.25, 0.3) is 0 Å². The Morgan fingerprint density at radius 3 is 1.33 bits per heavy atom. The molecule has 0 saturated heterocycles. The molecule has 2 aliphatic rings. The van der Waals surface area contributed by atoms with E-state index in [0.29, 0.717) is 6.25 Å². The summed E-state index contributed by atoms with van der Waals surface area (Å²) in [6.07, 6.45) is 10.1. The molecular formula is C20H33Cl2SiZr. The molecule has 2 unspecified atom stereocenters. The summed E-state index contributed by atoms with van der Waals surface area (Å²) < 4.78 is 0.862. The average Bonchev–Trinajstić information content (AvgIpc) is 2.91. The minimum Gasteiger partial charge on any atom is -1.00 e. The number of hydrogen-bond acceptors (Lipinski definition) is 0. The molecule has 0 radical (unpaired) electrons. The molecule has 2 rings (SSSR count). The molecule has 0 aromatic rings. The molecule has 0 nitrogen and oxygen atoms in total. The zero-order valence-electron chi connectivity index (χ0n) is 16.6. The maximum Gasteiger partial charge on any atom is -1.00 e. The van der Waals surface area contributed by atoms with Crippen LogP contribution in [0.2, 0.25) is 18.3 Å². The van der Waals surface area contributed by atoms with Crippen molar-refractivity contribution < 1.29 is 45.7 Å². The second kappa shape index (κ2) is 9.03. The first-order valence-corrected chi connectivity index (χ1v) is 17.8. The van der Waals surface area contributed by atoms with Crippen molar-refractivity contribution in [1.29, 1.82) is 0 Å². The molecule has 0 spiro atoms. The molecule has 2 aliphatic carbocycles. The van der Waals surface area contributed by atoms with Crippen molar-refractivity contribution >= 4 is 5.92 Å². The predicted octanol–water partition coefficient (Wildman–Crippen LogP) is 0.546. The third-order valence-electron chi connectivity index (χ3n) is 6.59. The number of rotatable bonds is 5. The van der Waals surface area contributed by atoms with Crippen molar-refractivity contribution in [2.75, 3.05) is 0 Å². The second-order valence-electron chi connectivity index (χ2n) is 7.61. The van der Waals surface area contributed by atoms with E-state index in [1.54, 1.807) is 11.1 Å². The fourth-order valence-corrected chi connectivity index (χ4v) is 36.8. The largest absolute Gasteiger partial charge is 1.00 e. The van der Waals surface area contributed by atoms with Crippen LogP contribution >= 0.6 is 0 Å². The van der Waals surface area contributed by atoms with Gasteiger partial charge in [-0.3, -0.25) is 0 Å². The van der Waals surface area contributed by atoms with E-state index >= 15 is 0 Å². The van der Waals surface area contributed by atoms with E-state index in [-0.39, 0.29) is 24.8 Å². The Morgan fingerprint density at radius 1 is 0.792 bits per heavy atom. The third-order valence-corrected chi connectivity index (χ3v) is 36.7. The number of allylic oxidation sites excluding steroid dienone is 8. The first kappa shape index (κ1) is 24.6. The topological polar surface area (TPSA) is 0 Å². The van der Waals surface area contributed by atoms with Gasteiger partial charge in [0.2, 0.25) is 0 Å².